The number of amides is 1. The average molecular weight is 346 g/mol. The van der Waals surface area contributed by atoms with E-state index in [1.165, 1.54) is 0 Å². The van der Waals surface area contributed by atoms with Crippen LogP contribution in [0.25, 0.3) is 5.76 Å². The van der Waals surface area contributed by atoms with Crippen LogP contribution in [-0.4, -0.2) is 22.5 Å². The lowest BCUT2D eigenvalue weighted by atomic mass is 10.1. The number of carbonyl (C=O) groups excluding carboxylic acids is 2. The zero-order valence-corrected chi connectivity index (χ0v) is 14.3. The number of benzene rings is 2. The molecule has 2 aromatic rings. The molecule has 1 saturated carbocycles. The van der Waals surface area contributed by atoms with Crippen LogP contribution in [0, 0.1) is 5.92 Å². The Morgan fingerprint density at radius 1 is 1.08 bits per heavy atom. The lowest BCUT2D eigenvalue weighted by Crippen LogP contribution is -2.22. The molecule has 0 spiro atoms. The lowest BCUT2D eigenvalue weighted by molar-refractivity contribution is -0.122. The first-order valence-corrected chi connectivity index (χ1v) is 8.54. The summed E-state index contributed by atoms with van der Waals surface area (Å²) in [6.07, 6.45) is 0.794. The Morgan fingerprint density at radius 3 is 2.42 bits per heavy atom. The van der Waals surface area contributed by atoms with Crippen LogP contribution in [0.15, 0.2) is 65.3 Å². The number of rotatable bonds is 4. The van der Waals surface area contributed by atoms with Gasteiger partial charge in [0.15, 0.2) is 5.78 Å². The maximum Gasteiger partial charge on any atom is 0.243 e. The number of carbonyl (C=O) groups is 2. The fourth-order valence-electron chi connectivity index (χ4n) is 3.43. The molecule has 0 heterocycles. The molecule has 0 saturated heterocycles. The van der Waals surface area contributed by atoms with Crippen LogP contribution in [0.1, 0.15) is 40.7 Å². The third-order valence-corrected chi connectivity index (χ3v) is 4.94. The van der Waals surface area contributed by atoms with Crippen LogP contribution in [0.4, 0.5) is 0 Å². The summed E-state index contributed by atoms with van der Waals surface area (Å²) in [6.45, 7) is 1.61. The van der Waals surface area contributed by atoms with Gasteiger partial charge < -0.3 is 5.11 Å². The number of nitrogens with one attached hydrogen (secondary N) is 1. The molecule has 1 amide bonds. The van der Waals surface area contributed by atoms with Crippen molar-refractivity contribution in [1.29, 1.82) is 0 Å². The topological polar surface area (TPSA) is 78.8 Å². The molecule has 1 fully saturated rings. The summed E-state index contributed by atoms with van der Waals surface area (Å²) in [4.78, 5) is 24.8. The number of fused-ring (bicyclic) bond motifs is 1. The van der Waals surface area contributed by atoms with E-state index in [2.05, 4.69) is 10.5 Å². The van der Waals surface area contributed by atoms with Crippen LogP contribution in [0.2, 0.25) is 0 Å². The molecule has 0 radical (unpaired) electrons. The fourth-order valence-corrected chi connectivity index (χ4v) is 3.43. The lowest BCUT2D eigenvalue weighted by Gasteiger charge is -2.04. The first-order chi connectivity index (χ1) is 12.6. The minimum Gasteiger partial charge on any atom is -0.506 e. The summed E-state index contributed by atoms with van der Waals surface area (Å²) in [6, 6.07) is 16.8. The molecule has 2 atom stereocenters. The number of ketones is 1. The van der Waals surface area contributed by atoms with Gasteiger partial charge in [0.25, 0.3) is 0 Å². The number of allylic oxidation sites excluding steroid dienone is 1. The van der Waals surface area contributed by atoms with Gasteiger partial charge in [0.05, 0.1) is 11.3 Å². The zero-order chi connectivity index (χ0) is 18.3. The SMILES string of the molecule is C/C(=N\NC(=O)[C@@H]1C[C@H]1c1ccccc1)C1=C(O)c2ccccc2C1=O. The highest BCUT2D eigenvalue weighted by atomic mass is 16.3. The maximum absolute atomic E-state index is 12.5. The van der Waals surface area contributed by atoms with Crippen LogP contribution in [0.5, 0.6) is 0 Å². The molecule has 2 N–H and O–H groups in total. The summed E-state index contributed by atoms with van der Waals surface area (Å²) in [5, 5.41) is 14.4. The van der Waals surface area contributed by atoms with Gasteiger partial charge in [0, 0.05) is 17.0 Å². The van der Waals surface area contributed by atoms with Gasteiger partial charge in [-0.2, -0.15) is 5.10 Å². The smallest absolute Gasteiger partial charge is 0.243 e. The molecule has 0 aromatic heterocycles. The highest BCUT2D eigenvalue weighted by molar-refractivity contribution is 6.35. The molecule has 5 heteroatoms. The van der Waals surface area contributed by atoms with E-state index in [0.717, 1.165) is 12.0 Å². The van der Waals surface area contributed by atoms with Gasteiger partial charge in [-0.25, -0.2) is 5.43 Å². The van der Waals surface area contributed by atoms with Crippen LogP contribution in [-0.2, 0) is 4.79 Å². The van der Waals surface area contributed by atoms with Crippen LogP contribution < -0.4 is 5.43 Å². The second-order valence-corrected chi connectivity index (χ2v) is 6.63. The van der Waals surface area contributed by atoms with Crippen molar-refractivity contribution in [3.8, 4) is 0 Å². The van der Waals surface area contributed by atoms with E-state index in [0.29, 0.717) is 16.8 Å². The Kier molecular flexibility index (Phi) is 3.92. The molecule has 0 bridgehead atoms. The molecule has 2 aromatic carbocycles. The number of hydrazone groups is 1. The normalized spacial score (nSPS) is 21.6. The third-order valence-electron chi connectivity index (χ3n) is 4.94. The van der Waals surface area contributed by atoms with Crippen LogP contribution >= 0.6 is 0 Å². The van der Waals surface area contributed by atoms with E-state index in [4.69, 9.17) is 0 Å². The number of nitrogens with zero attached hydrogens (tertiary/aromatic N) is 1. The minimum absolute atomic E-state index is 0.0883. The van der Waals surface area contributed by atoms with Gasteiger partial charge in [0.2, 0.25) is 5.91 Å². The fraction of sp³-hybridized carbons (Fsp3) is 0.190. The van der Waals surface area contributed by atoms with Crippen molar-refractivity contribution in [3.63, 3.8) is 0 Å². The second kappa shape index (κ2) is 6.26. The van der Waals surface area contributed by atoms with Gasteiger partial charge in [-0.1, -0.05) is 54.6 Å². The highest BCUT2D eigenvalue weighted by Crippen LogP contribution is 2.47. The Balaban J connectivity index is 1.46. The Hall–Kier alpha value is -3.21. The minimum atomic E-state index is -0.276. The predicted molar refractivity (Wildman–Crippen MR) is 98.9 cm³/mol. The Morgan fingerprint density at radius 2 is 1.73 bits per heavy atom. The summed E-state index contributed by atoms with van der Waals surface area (Å²) >= 11 is 0. The molecule has 130 valence electrons. The largest absolute Gasteiger partial charge is 0.506 e. The number of aliphatic hydroxyl groups is 1. The second-order valence-electron chi connectivity index (χ2n) is 6.63. The van der Waals surface area contributed by atoms with Gasteiger partial charge in [0.1, 0.15) is 5.76 Å². The van der Waals surface area contributed by atoms with Crippen molar-refractivity contribution in [2.75, 3.05) is 0 Å². The Bertz CT molecular complexity index is 960. The van der Waals surface area contributed by atoms with Crippen molar-refractivity contribution < 1.29 is 14.7 Å². The third kappa shape index (κ3) is 2.71. The summed E-state index contributed by atoms with van der Waals surface area (Å²) < 4.78 is 0. The molecule has 0 aliphatic heterocycles. The quantitative estimate of drug-likeness (QED) is 0.657. The van der Waals surface area contributed by atoms with Gasteiger partial charge in [-0.05, 0) is 24.8 Å². The Labute approximate surface area is 151 Å². The number of Topliss-reactive ketones (excluding diaryl/α,β-unsaturated/α-hetero) is 1. The first-order valence-electron chi connectivity index (χ1n) is 8.54. The van der Waals surface area contributed by atoms with E-state index >= 15 is 0 Å². The highest BCUT2D eigenvalue weighted by Gasteiger charge is 2.44. The molecule has 2 aliphatic carbocycles. The van der Waals surface area contributed by atoms with Crippen LogP contribution in [0.3, 0.4) is 0 Å². The van der Waals surface area contributed by atoms with E-state index < -0.39 is 0 Å². The van der Waals surface area contributed by atoms with E-state index in [9.17, 15) is 14.7 Å². The molecule has 5 nitrogen and oxygen atoms in total. The van der Waals surface area contributed by atoms with Gasteiger partial charge >= 0.3 is 0 Å². The van der Waals surface area contributed by atoms with Crippen molar-refractivity contribution >= 4 is 23.2 Å². The van der Waals surface area contributed by atoms with Crippen molar-refractivity contribution in [2.24, 2.45) is 11.0 Å². The number of hydrogen-bond acceptors (Lipinski definition) is 4. The molecule has 26 heavy (non-hydrogen) atoms. The monoisotopic (exact) mass is 346 g/mol. The zero-order valence-electron chi connectivity index (χ0n) is 14.3. The summed E-state index contributed by atoms with van der Waals surface area (Å²) in [5.74, 6) is -0.414. The molecule has 4 rings (SSSR count). The van der Waals surface area contributed by atoms with Crippen molar-refractivity contribution in [2.45, 2.75) is 19.3 Å². The van der Waals surface area contributed by atoms with Crippen molar-refractivity contribution in [1.82, 2.24) is 5.43 Å². The van der Waals surface area contributed by atoms with Gasteiger partial charge in [-0.3, -0.25) is 9.59 Å². The van der Waals surface area contributed by atoms with Gasteiger partial charge in [-0.15, -0.1) is 0 Å². The summed E-state index contributed by atoms with van der Waals surface area (Å²) in [7, 11) is 0. The summed E-state index contributed by atoms with van der Waals surface area (Å²) in [5.41, 5.74) is 5.08. The first kappa shape index (κ1) is 16.3. The molecular formula is C21H18N2O3. The number of aliphatic hydroxyl groups excluding tert-OH is 1. The van der Waals surface area contributed by atoms with E-state index in [-0.39, 0.29) is 34.9 Å². The molecule has 0 unspecified atom stereocenters. The molecule has 2 aliphatic rings. The standard InChI is InChI=1S/C21H18N2O3/c1-12(18-19(24)14-9-5-6-10-15(14)20(18)25)22-23-21(26)17-11-16(17)13-7-3-2-4-8-13/h2-10,16-17,24H,11H2,1H3,(H,23,26)/b22-12+/t16-,17+/m0/s1. The average Bonchev–Trinajstić information content (AvgIpc) is 3.43. The van der Waals surface area contributed by atoms with Crippen molar-refractivity contribution in [3.05, 3.63) is 76.9 Å². The van der Waals surface area contributed by atoms with E-state index in [1.54, 1.807) is 31.2 Å². The number of hydrogen-bond donors (Lipinski definition) is 2. The van der Waals surface area contributed by atoms with E-state index in [1.807, 2.05) is 30.3 Å². The predicted octanol–water partition coefficient (Wildman–Crippen LogP) is 3.45. The maximum atomic E-state index is 12.5. The molecular weight excluding hydrogens is 328 g/mol.